The molecule has 0 unspecified atom stereocenters. The lowest BCUT2D eigenvalue weighted by Gasteiger charge is -2.13. The summed E-state index contributed by atoms with van der Waals surface area (Å²) in [5, 5.41) is 9.79. The van der Waals surface area contributed by atoms with Crippen molar-refractivity contribution in [3.63, 3.8) is 0 Å². The maximum Gasteiger partial charge on any atom is 0.226 e. The van der Waals surface area contributed by atoms with Crippen molar-refractivity contribution in [3.8, 4) is 0 Å². The summed E-state index contributed by atoms with van der Waals surface area (Å²) >= 11 is 6.06. The molecule has 0 spiro atoms. The van der Waals surface area contributed by atoms with Gasteiger partial charge in [0.2, 0.25) is 5.91 Å². The Morgan fingerprint density at radius 1 is 1.22 bits per heavy atom. The molecular formula is C19H32ClIN4O2. The quantitative estimate of drug-likeness (QED) is 0.194. The van der Waals surface area contributed by atoms with Gasteiger partial charge in [-0.05, 0) is 37.0 Å². The molecule has 0 aliphatic rings. The van der Waals surface area contributed by atoms with Crippen molar-refractivity contribution in [2.45, 2.75) is 33.6 Å². The summed E-state index contributed by atoms with van der Waals surface area (Å²) in [4.78, 5) is 16.2. The predicted octanol–water partition coefficient (Wildman–Crippen LogP) is 3.82. The van der Waals surface area contributed by atoms with E-state index in [2.05, 4.69) is 34.8 Å². The van der Waals surface area contributed by atoms with E-state index in [4.69, 9.17) is 16.3 Å². The van der Waals surface area contributed by atoms with E-state index in [1.807, 2.05) is 19.1 Å². The van der Waals surface area contributed by atoms with E-state index in [1.54, 1.807) is 13.1 Å². The molecule has 1 amide bonds. The Morgan fingerprint density at radius 3 is 2.59 bits per heavy atom. The van der Waals surface area contributed by atoms with E-state index in [9.17, 15) is 4.79 Å². The van der Waals surface area contributed by atoms with Gasteiger partial charge in [-0.1, -0.05) is 31.5 Å². The number of nitrogens with one attached hydrogen (secondary N) is 3. The zero-order valence-electron chi connectivity index (χ0n) is 16.6. The van der Waals surface area contributed by atoms with Gasteiger partial charge in [0.25, 0.3) is 0 Å². The van der Waals surface area contributed by atoms with Crippen LogP contribution in [0.5, 0.6) is 0 Å². The van der Waals surface area contributed by atoms with Gasteiger partial charge in [-0.3, -0.25) is 9.79 Å². The Balaban J connectivity index is 0.00000676. The van der Waals surface area contributed by atoms with E-state index >= 15 is 0 Å². The third-order valence-corrected chi connectivity index (χ3v) is 4.20. The molecule has 0 bridgehead atoms. The normalized spacial score (nSPS) is 11.1. The number of guanidine groups is 1. The van der Waals surface area contributed by atoms with Crippen molar-refractivity contribution < 1.29 is 9.53 Å². The van der Waals surface area contributed by atoms with Gasteiger partial charge < -0.3 is 20.7 Å². The molecule has 0 aliphatic heterocycles. The van der Waals surface area contributed by atoms with E-state index < -0.39 is 0 Å². The molecule has 0 fully saturated rings. The molecule has 0 aliphatic carbocycles. The zero-order valence-corrected chi connectivity index (χ0v) is 19.7. The molecule has 3 N–H and O–H groups in total. The Bertz CT molecular complexity index is 597. The molecule has 0 saturated carbocycles. The first-order chi connectivity index (χ1) is 12.4. The summed E-state index contributed by atoms with van der Waals surface area (Å²) in [7, 11) is 1.70. The number of aliphatic imine (C=N–C) groups is 1. The molecule has 0 saturated heterocycles. The number of carbonyl (C=O) groups is 1. The molecule has 0 radical (unpaired) electrons. The molecule has 0 heterocycles. The average molecular weight is 511 g/mol. The summed E-state index contributed by atoms with van der Waals surface area (Å²) < 4.78 is 5.55. The largest absolute Gasteiger partial charge is 0.380 e. The fourth-order valence-electron chi connectivity index (χ4n) is 2.13. The van der Waals surface area contributed by atoms with Gasteiger partial charge in [0.1, 0.15) is 0 Å². The number of amides is 1. The Kier molecular flexibility index (Phi) is 14.3. The zero-order chi connectivity index (χ0) is 19.4. The maximum atomic E-state index is 12.1. The number of benzene rings is 1. The number of anilines is 1. The van der Waals surface area contributed by atoms with Crippen LogP contribution >= 0.6 is 35.6 Å². The summed E-state index contributed by atoms with van der Waals surface area (Å²) in [6.07, 6.45) is 1.39. The van der Waals surface area contributed by atoms with E-state index in [0.717, 1.165) is 24.3 Å². The average Bonchev–Trinajstić information content (AvgIpc) is 2.60. The van der Waals surface area contributed by atoms with E-state index in [1.165, 1.54) is 0 Å². The van der Waals surface area contributed by atoms with Crippen LogP contribution in [-0.4, -0.2) is 45.2 Å². The van der Waals surface area contributed by atoms with Crippen LogP contribution in [0.2, 0.25) is 5.02 Å². The second-order valence-corrected chi connectivity index (χ2v) is 6.84. The van der Waals surface area contributed by atoms with Crippen LogP contribution in [0, 0.1) is 12.8 Å². The van der Waals surface area contributed by atoms with E-state index in [-0.39, 0.29) is 29.9 Å². The van der Waals surface area contributed by atoms with Crippen molar-refractivity contribution in [2.24, 2.45) is 10.9 Å². The lowest BCUT2D eigenvalue weighted by Crippen LogP contribution is -2.40. The minimum absolute atomic E-state index is 0. The highest BCUT2D eigenvalue weighted by atomic mass is 127. The number of carbonyl (C=O) groups excluding carboxylic acids is 1. The van der Waals surface area contributed by atoms with Gasteiger partial charge in [0.05, 0.1) is 6.61 Å². The molecule has 6 nitrogen and oxygen atoms in total. The first kappa shape index (κ1) is 25.9. The van der Waals surface area contributed by atoms with Crippen LogP contribution < -0.4 is 16.0 Å². The highest BCUT2D eigenvalue weighted by Gasteiger charge is 2.07. The number of rotatable bonds is 10. The molecular weight excluding hydrogens is 479 g/mol. The summed E-state index contributed by atoms with van der Waals surface area (Å²) in [6, 6.07) is 5.46. The second kappa shape index (κ2) is 14.9. The standard InChI is InChI=1S/C19H31ClN4O2.HI/c1-14(2)9-12-26-13-11-23-19(21-4)22-10-8-18(25)24-17-7-5-6-16(20)15(17)3;/h5-7,14H,8-13H2,1-4H3,(H,24,25)(H2,21,22,23);1H. The van der Waals surface area contributed by atoms with Crippen molar-refractivity contribution >= 4 is 53.1 Å². The summed E-state index contributed by atoms with van der Waals surface area (Å²) in [5.41, 5.74) is 1.61. The summed E-state index contributed by atoms with van der Waals surface area (Å²) in [5.74, 6) is 1.23. The smallest absolute Gasteiger partial charge is 0.226 e. The molecule has 0 aromatic heterocycles. The van der Waals surface area contributed by atoms with Crippen LogP contribution in [0.15, 0.2) is 23.2 Å². The highest BCUT2D eigenvalue weighted by Crippen LogP contribution is 2.22. The third kappa shape index (κ3) is 11.4. The van der Waals surface area contributed by atoms with Crippen molar-refractivity contribution in [2.75, 3.05) is 38.7 Å². The van der Waals surface area contributed by atoms with Gasteiger partial charge in [-0.25, -0.2) is 0 Å². The number of ether oxygens (including phenoxy) is 1. The van der Waals surface area contributed by atoms with Crippen LogP contribution in [-0.2, 0) is 9.53 Å². The van der Waals surface area contributed by atoms with Crippen molar-refractivity contribution in [1.29, 1.82) is 0 Å². The SMILES string of the molecule is CN=C(NCCOCCC(C)C)NCCC(=O)Nc1cccc(Cl)c1C.I. The van der Waals surface area contributed by atoms with Crippen LogP contribution in [0.25, 0.3) is 0 Å². The minimum atomic E-state index is -0.0738. The molecule has 154 valence electrons. The Hall–Kier alpha value is -1.06. The van der Waals surface area contributed by atoms with Crippen LogP contribution in [0.3, 0.4) is 0 Å². The minimum Gasteiger partial charge on any atom is -0.380 e. The molecule has 1 aromatic rings. The van der Waals surface area contributed by atoms with Crippen molar-refractivity contribution in [1.82, 2.24) is 10.6 Å². The third-order valence-electron chi connectivity index (χ3n) is 3.79. The molecule has 1 aromatic carbocycles. The predicted molar refractivity (Wildman–Crippen MR) is 124 cm³/mol. The first-order valence-electron chi connectivity index (χ1n) is 9.01. The number of nitrogens with zero attached hydrogens (tertiary/aromatic N) is 1. The van der Waals surface area contributed by atoms with Crippen LogP contribution in [0.4, 0.5) is 5.69 Å². The number of halogens is 2. The first-order valence-corrected chi connectivity index (χ1v) is 9.39. The molecule has 1 rings (SSSR count). The highest BCUT2D eigenvalue weighted by molar-refractivity contribution is 14.0. The monoisotopic (exact) mass is 510 g/mol. The molecule has 27 heavy (non-hydrogen) atoms. The molecule has 0 atom stereocenters. The van der Waals surface area contributed by atoms with E-state index in [0.29, 0.717) is 43.0 Å². The number of hydrogen-bond acceptors (Lipinski definition) is 3. The van der Waals surface area contributed by atoms with Gasteiger partial charge in [-0.15, -0.1) is 24.0 Å². The molecule has 8 heteroatoms. The van der Waals surface area contributed by atoms with Crippen molar-refractivity contribution in [3.05, 3.63) is 28.8 Å². The summed E-state index contributed by atoms with van der Waals surface area (Å²) in [6.45, 7) is 8.79. The maximum absolute atomic E-state index is 12.1. The Morgan fingerprint density at radius 2 is 1.93 bits per heavy atom. The Labute approximate surface area is 184 Å². The fraction of sp³-hybridized carbons (Fsp3) is 0.579. The second-order valence-electron chi connectivity index (χ2n) is 6.43. The topological polar surface area (TPSA) is 74.8 Å². The van der Waals surface area contributed by atoms with Gasteiger partial charge in [0, 0.05) is 43.9 Å². The lowest BCUT2D eigenvalue weighted by molar-refractivity contribution is -0.116. The van der Waals surface area contributed by atoms with Gasteiger partial charge >= 0.3 is 0 Å². The van der Waals surface area contributed by atoms with Gasteiger partial charge in [0.15, 0.2) is 5.96 Å². The van der Waals surface area contributed by atoms with Gasteiger partial charge in [-0.2, -0.15) is 0 Å². The van der Waals surface area contributed by atoms with Crippen LogP contribution in [0.1, 0.15) is 32.3 Å². The fourth-order valence-corrected chi connectivity index (χ4v) is 2.31. The lowest BCUT2D eigenvalue weighted by atomic mass is 10.1. The number of hydrogen-bond donors (Lipinski definition) is 3.